The highest BCUT2D eigenvalue weighted by molar-refractivity contribution is 6.70. The minimum atomic E-state index is -1.76. The Kier molecular flexibility index (Phi) is 5.86. The molecule has 0 aliphatic carbocycles. The van der Waals surface area contributed by atoms with Crippen LogP contribution < -0.4 is 19.2 Å². The van der Waals surface area contributed by atoms with Gasteiger partial charge >= 0.3 is 0 Å². The van der Waals surface area contributed by atoms with Crippen LogP contribution in [0.25, 0.3) is 0 Å². The van der Waals surface area contributed by atoms with Crippen LogP contribution in [0.4, 0.5) is 5.69 Å². The van der Waals surface area contributed by atoms with Crippen LogP contribution >= 0.6 is 0 Å². The van der Waals surface area contributed by atoms with E-state index in [2.05, 4.69) is 25.0 Å². The van der Waals surface area contributed by atoms with Crippen molar-refractivity contribution in [2.45, 2.75) is 19.6 Å². The van der Waals surface area contributed by atoms with Gasteiger partial charge in [-0.25, -0.2) is 0 Å². The summed E-state index contributed by atoms with van der Waals surface area (Å²) in [6.45, 7) is 6.18. The minimum Gasteiger partial charge on any atom is -0.542 e. The molecule has 0 aromatic heterocycles. The summed E-state index contributed by atoms with van der Waals surface area (Å²) < 4.78 is 16.8. The van der Waals surface area contributed by atoms with Crippen LogP contribution in [0.15, 0.2) is 48.5 Å². The fourth-order valence-electron chi connectivity index (χ4n) is 2.06. The average Bonchev–Trinajstić information content (AvgIpc) is 2.53. The van der Waals surface area contributed by atoms with Crippen molar-refractivity contribution >= 4 is 19.9 Å². The molecule has 2 aromatic carbocycles. The zero-order chi connectivity index (χ0) is 17.6. The molecule has 0 bridgehead atoms. The Morgan fingerprint density at radius 2 is 1.54 bits per heavy atom. The molecule has 0 saturated carbocycles. The summed E-state index contributed by atoms with van der Waals surface area (Å²) in [6.07, 6.45) is 0. The second-order valence-electron chi connectivity index (χ2n) is 6.20. The smallest absolute Gasteiger partial charge is 0.262 e. The van der Waals surface area contributed by atoms with Crippen molar-refractivity contribution in [3.63, 3.8) is 0 Å². The maximum atomic E-state index is 12.1. The standard InChI is InChI=1S/C18H23NO4Si/c1-21-15-10-6-5-9-14(15)19-18(20)13-22-16-11-7-8-12-17(16)23-24(2,3)4/h5-12H,13H2,1-4H3,(H,19,20). The Balaban J connectivity index is 1.99. The van der Waals surface area contributed by atoms with Gasteiger partial charge in [0.25, 0.3) is 5.91 Å². The predicted molar refractivity (Wildman–Crippen MR) is 97.5 cm³/mol. The lowest BCUT2D eigenvalue weighted by atomic mass is 10.3. The van der Waals surface area contributed by atoms with Crippen molar-refractivity contribution in [3.8, 4) is 17.2 Å². The topological polar surface area (TPSA) is 56.8 Å². The average molecular weight is 345 g/mol. The third kappa shape index (κ3) is 5.31. The van der Waals surface area contributed by atoms with Gasteiger partial charge in [0, 0.05) is 0 Å². The molecule has 0 fully saturated rings. The quantitative estimate of drug-likeness (QED) is 0.773. The number of anilines is 1. The number of rotatable bonds is 7. The zero-order valence-corrected chi connectivity index (χ0v) is 15.5. The molecule has 0 radical (unpaired) electrons. The van der Waals surface area contributed by atoms with E-state index < -0.39 is 8.32 Å². The van der Waals surface area contributed by atoms with Crippen LogP contribution in [0, 0.1) is 0 Å². The third-order valence-electron chi connectivity index (χ3n) is 3.01. The number of amides is 1. The fourth-order valence-corrected chi connectivity index (χ4v) is 2.89. The van der Waals surface area contributed by atoms with E-state index in [1.54, 1.807) is 25.3 Å². The highest BCUT2D eigenvalue weighted by Crippen LogP contribution is 2.29. The summed E-state index contributed by atoms with van der Waals surface area (Å²) in [7, 11) is -0.195. The number of para-hydroxylation sites is 4. The van der Waals surface area contributed by atoms with E-state index in [1.165, 1.54) is 0 Å². The van der Waals surface area contributed by atoms with Gasteiger partial charge in [-0.1, -0.05) is 24.3 Å². The molecule has 0 atom stereocenters. The lowest BCUT2D eigenvalue weighted by Gasteiger charge is -2.21. The monoisotopic (exact) mass is 345 g/mol. The summed E-state index contributed by atoms with van der Waals surface area (Å²) in [6, 6.07) is 14.6. The van der Waals surface area contributed by atoms with Crippen LogP contribution in [0.5, 0.6) is 17.2 Å². The third-order valence-corrected chi connectivity index (χ3v) is 3.84. The maximum absolute atomic E-state index is 12.1. The van der Waals surface area contributed by atoms with Crippen LogP contribution in [0.3, 0.4) is 0 Å². The minimum absolute atomic E-state index is 0.107. The van der Waals surface area contributed by atoms with Crippen molar-refractivity contribution in [2.75, 3.05) is 19.0 Å². The van der Waals surface area contributed by atoms with Crippen molar-refractivity contribution in [2.24, 2.45) is 0 Å². The maximum Gasteiger partial charge on any atom is 0.262 e. The van der Waals surface area contributed by atoms with Crippen LogP contribution in [0.1, 0.15) is 0 Å². The van der Waals surface area contributed by atoms with E-state index in [4.69, 9.17) is 13.9 Å². The Labute approximate surface area is 143 Å². The highest BCUT2D eigenvalue weighted by Gasteiger charge is 2.19. The molecule has 0 aliphatic rings. The van der Waals surface area contributed by atoms with Crippen molar-refractivity contribution < 1.29 is 18.7 Å². The molecule has 5 nitrogen and oxygen atoms in total. The molecule has 0 heterocycles. The number of nitrogens with one attached hydrogen (secondary N) is 1. The van der Waals surface area contributed by atoms with Gasteiger partial charge in [0.1, 0.15) is 11.5 Å². The molecule has 1 amide bonds. The lowest BCUT2D eigenvalue weighted by Crippen LogP contribution is -2.29. The number of benzene rings is 2. The summed E-state index contributed by atoms with van der Waals surface area (Å²) in [4.78, 5) is 12.1. The molecule has 2 aromatic rings. The lowest BCUT2D eigenvalue weighted by molar-refractivity contribution is -0.118. The molecule has 0 aliphatic heterocycles. The molecule has 128 valence electrons. The normalized spacial score (nSPS) is 10.8. The molecule has 0 spiro atoms. The molecule has 1 N–H and O–H groups in total. The van der Waals surface area contributed by atoms with Gasteiger partial charge in [0.2, 0.25) is 8.32 Å². The molecule has 0 unspecified atom stereocenters. The summed E-state index contributed by atoms with van der Waals surface area (Å²) >= 11 is 0. The molecule has 24 heavy (non-hydrogen) atoms. The fraction of sp³-hybridized carbons (Fsp3) is 0.278. The SMILES string of the molecule is COc1ccccc1NC(=O)COc1ccccc1O[Si](C)(C)C. The Morgan fingerprint density at radius 1 is 0.958 bits per heavy atom. The molecular weight excluding hydrogens is 322 g/mol. The van der Waals surface area contributed by atoms with E-state index in [-0.39, 0.29) is 12.5 Å². The van der Waals surface area contributed by atoms with E-state index >= 15 is 0 Å². The van der Waals surface area contributed by atoms with Crippen LogP contribution in [-0.4, -0.2) is 27.9 Å². The molecular formula is C18H23NO4Si. The van der Waals surface area contributed by atoms with Crippen molar-refractivity contribution in [1.29, 1.82) is 0 Å². The van der Waals surface area contributed by atoms with Crippen LogP contribution in [-0.2, 0) is 4.79 Å². The van der Waals surface area contributed by atoms with Crippen LogP contribution in [0.2, 0.25) is 19.6 Å². The largest absolute Gasteiger partial charge is 0.542 e. The highest BCUT2D eigenvalue weighted by atomic mass is 28.4. The first kappa shape index (κ1) is 17.9. The van der Waals surface area contributed by atoms with Gasteiger partial charge in [-0.3, -0.25) is 4.79 Å². The first-order chi connectivity index (χ1) is 11.4. The number of ether oxygens (including phenoxy) is 2. The van der Waals surface area contributed by atoms with E-state index in [0.29, 0.717) is 22.9 Å². The second-order valence-corrected chi connectivity index (χ2v) is 10.6. The molecule has 0 saturated heterocycles. The van der Waals surface area contributed by atoms with Crippen molar-refractivity contribution in [1.82, 2.24) is 0 Å². The van der Waals surface area contributed by atoms with Gasteiger partial charge < -0.3 is 19.2 Å². The van der Waals surface area contributed by atoms with Crippen molar-refractivity contribution in [3.05, 3.63) is 48.5 Å². The van der Waals surface area contributed by atoms with Gasteiger partial charge in [-0.05, 0) is 43.9 Å². The molecule has 2 rings (SSSR count). The summed E-state index contributed by atoms with van der Waals surface area (Å²) in [5, 5.41) is 2.78. The Bertz CT molecular complexity index is 697. The second kappa shape index (κ2) is 7.87. The summed E-state index contributed by atoms with van der Waals surface area (Å²) in [5.74, 6) is 1.58. The number of carbonyl (C=O) groups excluding carboxylic acids is 1. The van der Waals surface area contributed by atoms with E-state index in [9.17, 15) is 4.79 Å². The first-order valence-corrected chi connectivity index (χ1v) is 11.1. The predicted octanol–water partition coefficient (Wildman–Crippen LogP) is 3.93. The number of methoxy groups -OCH3 is 1. The number of hydrogen-bond acceptors (Lipinski definition) is 4. The van der Waals surface area contributed by atoms with E-state index in [0.717, 1.165) is 0 Å². The number of hydrogen-bond donors (Lipinski definition) is 1. The Morgan fingerprint density at radius 3 is 2.17 bits per heavy atom. The first-order valence-electron chi connectivity index (χ1n) is 7.73. The van der Waals surface area contributed by atoms with Gasteiger partial charge in [0.15, 0.2) is 12.4 Å². The Hall–Kier alpha value is -2.47. The van der Waals surface area contributed by atoms with Gasteiger partial charge in [-0.2, -0.15) is 0 Å². The summed E-state index contributed by atoms with van der Waals surface area (Å²) in [5.41, 5.74) is 0.611. The van der Waals surface area contributed by atoms with E-state index in [1.807, 2.05) is 30.3 Å². The zero-order valence-electron chi connectivity index (χ0n) is 14.5. The molecule has 6 heteroatoms. The number of carbonyl (C=O) groups is 1. The van der Waals surface area contributed by atoms with Gasteiger partial charge in [-0.15, -0.1) is 0 Å². The van der Waals surface area contributed by atoms with Gasteiger partial charge in [0.05, 0.1) is 12.8 Å².